The highest BCUT2D eigenvalue weighted by Crippen LogP contribution is 2.59. The summed E-state index contributed by atoms with van der Waals surface area (Å²) in [6, 6.07) is 6.89. The molecule has 0 aliphatic heterocycles. The van der Waals surface area contributed by atoms with E-state index < -0.39 is 29.2 Å². The second-order valence-electron chi connectivity index (χ2n) is 12.7. The molecule has 3 aliphatic rings. The number of rotatable bonds is 11. The van der Waals surface area contributed by atoms with Crippen LogP contribution in [-0.2, 0) is 14.4 Å². The number of allylic oxidation sites excluding steroid dienone is 3. The lowest BCUT2D eigenvalue weighted by Gasteiger charge is -2.48. The van der Waals surface area contributed by atoms with Gasteiger partial charge in [0.2, 0.25) is 0 Å². The van der Waals surface area contributed by atoms with E-state index >= 15 is 0 Å². The van der Waals surface area contributed by atoms with E-state index in [1.165, 1.54) is 0 Å². The number of benzene rings is 1. The van der Waals surface area contributed by atoms with E-state index in [9.17, 15) is 8.42 Å². The Bertz CT molecular complexity index is 1230. The quantitative estimate of drug-likeness (QED) is 0.152. The second-order valence-corrected chi connectivity index (χ2v) is 19.7. The largest absolute Gasteiger partial charge is 0.545 e. The van der Waals surface area contributed by atoms with E-state index in [-0.39, 0.29) is 10.8 Å². The molecule has 1 fully saturated rings. The topological polar surface area (TPSA) is 55.7 Å². The molecule has 0 unspecified atom stereocenters. The molecule has 0 aromatic heterocycles. The first kappa shape index (κ1) is 31.4. The molecule has 0 spiro atoms. The first-order valence-corrected chi connectivity index (χ1v) is 18.2. The summed E-state index contributed by atoms with van der Waals surface area (Å²) in [5.74, 6) is 4.10. The third kappa shape index (κ3) is 5.59. The third-order valence-corrected chi connectivity index (χ3v) is 16.8. The molecule has 0 saturated heterocycles. The standard InChI is InChI=1S/C33H49NO3SSi/c1-11-19-32-21-18-28(22-31(32)37-39(24(4)5,25(6)7)26(8)9)33(13-3,20-12-2)30(23-32)34-38(35,36)29-16-14-27(10)15-17-29/h3,11,14-17,22,24-26,28H,1,12,18-21,23H2,2,4-10H3/b34-30+/t28-,32-,33+/m1/s1. The monoisotopic (exact) mass is 567 g/mol. The number of terminal acetylenes is 1. The van der Waals surface area contributed by atoms with Gasteiger partial charge in [0.25, 0.3) is 18.3 Å². The van der Waals surface area contributed by atoms with E-state index in [0.717, 1.165) is 30.6 Å². The average Bonchev–Trinajstić information content (AvgIpc) is 3.03. The molecular formula is C33H49NO3SSi. The molecule has 4 nitrogen and oxygen atoms in total. The molecule has 2 bridgehead atoms. The van der Waals surface area contributed by atoms with Crippen LogP contribution in [0.15, 0.2) is 58.0 Å². The van der Waals surface area contributed by atoms with Crippen molar-refractivity contribution in [3.63, 3.8) is 0 Å². The van der Waals surface area contributed by atoms with Crippen LogP contribution in [0.2, 0.25) is 16.6 Å². The summed E-state index contributed by atoms with van der Waals surface area (Å²) < 4.78 is 39.4. The third-order valence-electron chi connectivity index (χ3n) is 9.44. The maximum absolute atomic E-state index is 13.7. The number of nitrogens with zero attached hydrogens (tertiary/aromatic N) is 1. The average molecular weight is 568 g/mol. The summed E-state index contributed by atoms with van der Waals surface area (Å²) in [6.07, 6.45) is 15.1. The van der Waals surface area contributed by atoms with Crippen LogP contribution >= 0.6 is 0 Å². The number of aryl methyl sites for hydroxylation is 1. The van der Waals surface area contributed by atoms with Gasteiger partial charge in [0.15, 0.2) is 0 Å². The number of hydrogen-bond donors (Lipinski definition) is 0. The Hall–Kier alpha value is -2.10. The summed E-state index contributed by atoms with van der Waals surface area (Å²) in [6.45, 7) is 21.9. The lowest BCUT2D eigenvalue weighted by molar-refractivity contribution is 0.179. The number of sulfonamides is 1. The van der Waals surface area contributed by atoms with Gasteiger partial charge in [-0.2, -0.15) is 12.8 Å². The van der Waals surface area contributed by atoms with Crippen molar-refractivity contribution in [1.29, 1.82) is 0 Å². The van der Waals surface area contributed by atoms with E-state index in [4.69, 9.17) is 10.8 Å². The van der Waals surface area contributed by atoms with Crippen LogP contribution in [0.3, 0.4) is 0 Å². The summed E-state index contributed by atoms with van der Waals surface area (Å²) in [4.78, 5) is 0.202. The highest BCUT2D eigenvalue weighted by Gasteiger charge is 2.56. The molecule has 1 saturated carbocycles. The Labute approximate surface area is 239 Å². The molecule has 0 amide bonds. The van der Waals surface area contributed by atoms with Gasteiger partial charge in [0, 0.05) is 17.8 Å². The van der Waals surface area contributed by atoms with Crippen molar-refractivity contribution in [3.8, 4) is 12.3 Å². The fraction of sp³-hybridized carbons (Fsp3) is 0.606. The lowest BCUT2D eigenvalue weighted by atomic mass is 9.68. The van der Waals surface area contributed by atoms with Gasteiger partial charge in [-0.15, -0.1) is 13.0 Å². The Morgan fingerprint density at radius 2 is 1.74 bits per heavy atom. The van der Waals surface area contributed by atoms with Crippen molar-refractivity contribution in [3.05, 3.63) is 54.3 Å². The van der Waals surface area contributed by atoms with Gasteiger partial charge in [-0.25, -0.2) is 0 Å². The summed E-state index contributed by atoms with van der Waals surface area (Å²) in [5.41, 5.74) is 1.71. The van der Waals surface area contributed by atoms with Crippen LogP contribution in [0.5, 0.6) is 0 Å². The van der Waals surface area contributed by atoms with Crippen LogP contribution in [-0.4, -0.2) is 22.4 Å². The maximum atomic E-state index is 13.7. The lowest BCUT2D eigenvalue weighted by Crippen LogP contribution is -2.49. The number of hydrogen-bond acceptors (Lipinski definition) is 3. The zero-order valence-electron chi connectivity index (χ0n) is 25.4. The molecule has 4 rings (SSSR count). The highest BCUT2D eigenvalue weighted by atomic mass is 32.2. The fourth-order valence-corrected chi connectivity index (χ4v) is 14.0. The smallest absolute Gasteiger partial charge is 0.282 e. The summed E-state index contributed by atoms with van der Waals surface area (Å²) in [5, 5.41) is 0. The highest BCUT2D eigenvalue weighted by molar-refractivity contribution is 7.90. The van der Waals surface area contributed by atoms with Crippen molar-refractivity contribution in [2.75, 3.05) is 0 Å². The first-order valence-electron chi connectivity index (χ1n) is 14.7. The minimum absolute atomic E-state index is 0.0250. The van der Waals surface area contributed by atoms with Crippen LogP contribution in [0.25, 0.3) is 0 Å². The van der Waals surface area contributed by atoms with Crippen molar-refractivity contribution in [1.82, 2.24) is 0 Å². The molecule has 39 heavy (non-hydrogen) atoms. The molecule has 214 valence electrons. The number of fused-ring (bicyclic) bond motifs is 3. The van der Waals surface area contributed by atoms with Gasteiger partial charge in [0.1, 0.15) is 0 Å². The predicted octanol–water partition coefficient (Wildman–Crippen LogP) is 9.00. The van der Waals surface area contributed by atoms with Crippen LogP contribution in [0.4, 0.5) is 0 Å². The minimum Gasteiger partial charge on any atom is -0.545 e. The molecule has 3 atom stereocenters. The maximum Gasteiger partial charge on any atom is 0.282 e. The van der Waals surface area contributed by atoms with Gasteiger partial charge in [0.05, 0.1) is 21.8 Å². The van der Waals surface area contributed by atoms with Gasteiger partial charge in [-0.05, 0) is 67.4 Å². The van der Waals surface area contributed by atoms with E-state index in [0.29, 0.717) is 41.6 Å². The van der Waals surface area contributed by atoms with Crippen LogP contribution < -0.4 is 0 Å². The second kappa shape index (κ2) is 11.8. The van der Waals surface area contributed by atoms with Gasteiger partial charge in [-0.1, -0.05) is 84.6 Å². The molecular weight excluding hydrogens is 519 g/mol. The Kier molecular flexibility index (Phi) is 9.50. The molecule has 3 aliphatic carbocycles. The van der Waals surface area contributed by atoms with Gasteiger partial charge in [-0.3, -0.25) is 0 Å². The first-order chi connectivity index (χ1) is 18.2. The summed E-state index contributed by atoms with van der Waals surface area (Å²) >= 11 is 0. The van der Waals surface area contributed by atoms with E-state index in [2.05, 4.69) is 71.4 Å². The Morgan fingerprint density at radius 1 is 1.15 bits per heavy atom. The summed E-state index contributed by atoms with van der Waals surface area (Å²) in [7, 11) is -6.20. The van der Waals surface area contributed by atoms with Gasteiger partial charge >= 0.3 is 0 Å². The van der Waals surface area contributed by atoms with Crippen molar-refractivity contribution < 1.29 is 12.8 Å². The van der Waals surface area contributed by atoms with Crippen LogP contribution in [0.1, 0.15) is 92.6 Å². The van der Waals surface area contributed by atoms with E-state index in [1.807, 2.05) is 25.1 Å². The Balaban J connectivity index is 2.28. The zero-order chi connectivity index (χ0) is 29.2. The minimum atomic E-state index is -3.93. The molecule has 0 N–H and O–H groups in total. The predicted molar refractivity (Wildman–Crippen MR) is 167 cm³/mol. The van der Waals surface area contributed by atoms with Gasteiger partial charge < -0.3 is 4.43 Å². The molecule has 1 aromatic carbocycles. The molecule has 6 heteroatoms. The fourth-order valence-electron chi connectivity index (χ4n) is 7.50. The molecule has 1 aromatic rings. The van der Waals surface area contributed by atoms with Crippen molar-refractivity contribution in [2.45, 2.75) is 115 Å². The normalized spacial score (nSPS) is 26.6. The van der Waals surface area contributed by atoms with Crippen LogP contribution in [0, 0.1) is 36.0 Å². The Morgan fingerprint density at radius 3 is 2.23 bits per heavy atom. The molecule has 0 radical (unpaired) electrons. The van der Waals surface area contributed by atoms with Crippen molar-refractivity contribution >= 4 is 24.1 Å². The SMILES string of the molecule is C#C[C@@]1(CCC)/C(=N/S(=O)(=O)c2ccc(C)cc2)C[C@@]2(CC=C)CC[C@@H]1C=C2O[Si](C(C)C)(C(C)C)C(C)C. The zero-order valence-corrected chi connectivity index (χ0v) is 27.2. The molecule has 0 heterocycles. The van der Waals surface area contributed by atoms with Crippen molar-refractivity contribution in [2.24, 2.45) is 21.1 Å². The van der Waals surface area contributed by atoms with E-state index in [1.54, 1.807) is 12.1 Å².